The highest BCUT2D eigenvalue weighted by atomic mass is 16.5. The summed E-state index contributed by atoms with van der Waals surface area (Å²) in [5, 5.41) is 0. The van der Waals surface area contributed by atoms with Gasteiger partial charge in [-0.15, -0.1) is 0 Å². The summed E-state index contributed by atoms with van der Waals surface area (Å²) in [6.45, 7) is 1.73. The average Bonchev–Trinajstić information content (AvgIpc) is 2.42. The van der Waals surface area contributed by atoms with Crippen molar-refractivity contribution in [2.45, 2.75) is 19.9 Å². The molecule has 6 nitrogen and oxygen atoms in total. The standard InChI is InChI=1S/C14H14N2O4/c1-2-20-14(19)7-10(17)9-16-12-6-4-3-5-11(12)15-8-13(16)18/h3-6,8H,2,7,9H2,1H3. The third-order valence-corrected chi connectivity index (χ3v) is 2.73. The van der Waals surface area contributed by atoms with E-state index in [1.807, 2.05) is 0 Å². The maximum absolute atomic E-state index is 11.8. The number of fused-ring (bicyclic) bond motifs is 1. The molecule has 1 aromatic carbocycles. The smallest absolute Gasteiger partial charge is 0.313 e. The van der Waals surface area contributed by atoms with Crippen molar-refractivity contribution in [2.75, 3.05) is 6.61 Å². The lowest BCUT2D eigenvalue weighted by atomic mass is 10.2. The predicted molar refractivity (Wildman–Crippen MR) is 72.3 cm³/mol. The molecule has 0 radical (unpaired) electrons. The van der Waals surface area contributed by atoms with E-state index in [9.17, 15) is 14.4 Å². The van der Waals surface area contributed by atoms with Crippen LogP contribution in [0.15, 0.2) is 35.3 Å². The lowest BCUT2D eigenvalue weighted by Gasteiger charge is -2.08. The molecule has 0 bridgehead atoms. The molecule has 20 heavy (non-hydrogen) atoms. The van der Waals surface area contributed by atoms with Gasteiger partial charge in [0.15, 0.2) is 5.78 Å². The number of para-hydroxylation sites is 2. The Balaban J connectivity index is 2.25. The van der Waals surface area contributed by atoms with Crippen molar-refractivity contribution in [2.24, 2.45) is 0 Å². The molecular formula is C14H14N2O4. The number of aromatic nitrogens is 2. The molecular weight excluding hydrogens is 260 g/mol. The molecule has 0 atom stereocenters. The number of esters is 1. The van der Waals surface area contributed by atoms with Crippen LogP contribution >= 0.6 is 0 Å². The van der Waals surface area contributed by atoms with E-state index in [0.717, 1.165) is 0 Å². The Hall–Kier alpha value is -2.50. The molecule has 0 N–H and O–H groups in total. The van der Waals surface area contributed by atoms with Crippen molar-refractivity contribution < 1.29 is 14.3 Å². The first-order chi connectivity index (χ1) is 9.61. The third-order valence-electron chi connectivity index (χ3n) is 2.73. The molecule has 0 unspecified atom stereocenters. The van der Waals surface area contributed by atoms with Gasteiger partial charge in [0.1, 0.15) is 6.42 Å². The normalized spacial score (nSPS) is 10.4. The molecule has 0 aliphatic heterocycles. The van der Waals surface area contributed by atoms with Crippen LogP contribution in [0.3, 0.4) is 0 Å². The SMILES string of the molecule is CCOC(=O)CC(=O)Cn1c(=O)cnc2ccccc21. The highest BCUT2D eigenvalue weighted by Crippen LogP contribution is 2.08. The second kappa shape index (κ2) is 6.10. The minimum Gasteiger partial charge on any atom is -0.466 e. The number of Topliss-reactive ketones (excluding diaryl/α,β-unsaturated/α-hetero) is 1. The number of carbonyl (C=O) groups excluding carboxylic acids is 2. The van der Waals surface area contributed by atoms with Gasteiger partial charge in [-0.25, -0.2) is 4.98 Å². The van der Waals surface area contributed by atoms with Crippen LogP contribution in [0.25, 0.3) is 11.0 Å². The Bertz CT molecular complexity index is 706. The first kappa shape index (κ1) is 13.9. The molecule has 0 fully saturated rings. The van der Waals surface area contributed by atoms with E-state index in [4.69, 9.17) is 4.74 Å². The fourth-order valence-electron chi connectivity index (χ4n) is 1.88. The number of nitrogens with zero attached hydrogens (tertiary/aromatic N) is 2. The van der Waals surface area contributed by atoms with Gasteiger partial charge in [-0.2, -0.15) is 0 Å². The van der Waals surface area contributed by atoms with E-state index < -0.39 is 5.97 Å². The van der Waals surface area contributed by atoms with Crippen LogP contribution in [-0.4, -0.2) is 27.9 Å². The van der Waals surface area contributed by atoms with Gasteiger partial charge in [0.25, 0.3) is 5.56 Å². The van der Waals surface area contributed by atoms with E-state index in [1.165, 1.54) is 10.8 Å². The molecule has 1 aromatic heterocycles. The Morgan fingerprint density at radius 3 is 2.80 bits per heavy atom. The van der Waals surface area contributed by atoms with Crippen LogP contribution in [0, 0.1) is 0 Å². The van der Waals surface area contributed by atoms with Gasteiger partial charge in [0.2, 0.25) is 0 Å². The first-order valence-corrected chi connectivity index (χ1v) is 6.23. The maximum atomic E-state index is 11.8. The summed E-state index contributed by atoms with van der Waals surface area (Å²) in [6.07, 6.45) is 0.830. The van der Waals surface area contributed by atoms with Crippen LogP contribution in [-0.2, 0) is 20.9 Å². The summed E-state index contributed by atoms with van der Waals surface area (Å²) in [5.74, 6) is -0.953. The van der Waals surface area contributed by atoms with Crippen molar-refractivity contribution in [1.29, 1.82) is 0 Å². The van der Waals surface area contributed by atoms with Crippen molar-refractivity contribution in [1.82, 2.24) is 9.55 Å². The Morgan fingerprint density at radius 2 is 2.05 bits per heavy atom. The van der Waals surface area contributed by atoms with Crippen LogP contribution < -0.4 is 5.56 Å². The fourth-order valence-corrected chi connectivity index (χ4v) is 1.88. The number of benzene rings is 1. The van der Waals surface area contributed by atoms with Crippen molar-refractivity contribution >= 4 is 22.8 Å². The molecule has 0 saturated heterocycles. The summed E-state index contributed by atoms with van der Waals surface area (Å²) >= 11 is 0. The third kappa shape index (κ3) is 3.09. The van der Waals surface area contributed by atoms with Crippen LogP contribution in [0.4, 0.5) is 0 Å². The molecule has 0 saturated carbocycles. The van der Waals surface area contributed by atoms with E-state index in [2.05, 4.69) is 4.98 Å². The van der Waals surface area contributed by atoms with Gasteiger partial charge < -0.3 is 4.74 Å². The Kier molecular flexibility index (Phi) is 4.24. The number of hydrogen-bond acceptors (Lipinski definition) is 5. The summed E-state index contributed by atoms with van der Waals surface area (Å²) in [5.41, 5.74) is 0.814. The molecule has 104 valence electrons. The molecule has 2 aromatic rings. The van der Waals surface area contributed by atoms with Crippen LogP contribution in [0.1, 0.15) is 13.3 Å². The van der Waals surface area contributed by atoms with E-state index in [0.29, 0.717) is 11.0 Å². The van der Waals surface area contributed by atoms with Gasteiger partial charge in [-0.3, -0.25) is 19.0 Å². The second-order valence-corrected chi connectivity index (χ2v) is 4.19. The number of ketones is 1. The zero-order valence-corrected chi connectivity index (χ0v) is 11.0. The second-order valence-electron chi connectivity index (χ2n) is 4.19. The van der Waals surface area contributed by atoms with Gasteiger partial charge in [0, 0.05) is 0 Å². The summed E-state index contributed by atoms with van der Waals surface area (Å²) in [7, 11) is 0. The van der Waals surface area contributed by atoms with Crippen LogP contribution in [0.5, 0.6) is 0 Å². The zero-order valence-electron chi connectivity index (χ0n) is 11.0. The number of hydrogen-bond donors (Lipinski definition) is 0. The molecule has 0 spiro atoms. The van der Waals surface area contributed by atoms with Gasteiger partial charge >= 0.3 is 5.97 Å². The molecule has 6 heteroatoms. The Labute approximate surface area is 115 Å². The number of rotatable bonds is 5. The highest BCUT2D eigenvalue weighted by molar-refractivity contribution is 5.95. The summed E-state index contributed by atoms with van der Waals surface area (Å²) < 4.78 is 6.02. The fraction of sp³-hybridized carbons (Fsp3) is 0.286. The average molecular weight is 274 g/mol. The first-order valence-electron chi connectivity index (χ1n) is 6.23. The number of carbonyl (C=O) groups is 2. The largest absolute Gasteiger partial charge is 0.466 e. The lowest BCUT2D eigenvalue weighted by molar-refractivity contribution is -0.145. The predicted octanol–water partition coefficient (Wildman–Crippen LogP) is 0.919. The molecule has 0 amide bonds. The van der Waals surface area contributed by atoms with E-state index >= 15 is 0 Å². The van der Waals surface area contributed by atoms with Crippen molar-refractivity contribution in [3.63, 3.8) is 0 Å². The highest BCUT2D eigenvalue weighted by Gasteiger charge is 2.13. The Morgan fingerprint density at radius 1 is 1.30 bits per heavy atom. The molecule has 1 heterocycles. The van der Waals surface area contributed by atoms with E-state index in [-0.39, 0.29) is 30.9 Å². The topological polar surface area (TPSA) is 78.3 Å². The molecule has 0 aliphatic rings. The zero-order chi connectivity index (χ0) is 14.5. The quantitative estimate of drug-likeness (QED) is 0.598. The lowest BCUT2D eigenvalue weighted by Crippen LogP contribution is -2.26. The number of ether oxygens (including phenoxy) is 1. The van der Waals surface area contributed by atoms with E-state index in [1.54, 1.807) is 31.2 Å². The minimum atomic E-state index is -0.580. The van der Waals surface area contributed by atoms with Gasteiger partial charge in [0.05, 0.1) is 30.4 Å². The van der Waals surface area contributed by atoms with Crippen LogP contribution in [0.2, 0.25) is 0 Å². The minimum absolute atomic E-state index is 0.166. The van der Waals surface area contributed by atoms with Crippen molar-refractivity contribution in [3.05, 3.63) is 40.8 Å². The van der Waals surface area contributed by atoms with Gasteiger partial charge in [-0.05, 0) is 19.1 Å². The summed E-state index contributed by atoms with van der Waals surface area (Å²) in [4.78, 5) is 38.9. The van der Waals surface area contributed by atoms with Crippen molar-refractivity contribution in [3.8, 4) is 0 Å². The molecule has 0 aliphatic carbocycles. The maximum Gasteiger partial charge on any atom is 0.313 e. The summed E-state index contributed by atoms with van der Waals surface area (Å²) in [6, 6.07) is 7.02. The van der Waals surface area contributed by atoms with Gasteiger partial charge in [-0.1, -0.05) is 12.1 Å². The monoisotopic (exact) mass is 274 g/mol. The molecule has 2 rings (SSSR count).